The highest BCUT2D eigenvalue weighted by Gasteiger charge is 2.48. The molecule has 1 aromatic carbocycles. The van der Waals surface area contributed by atoms with Crippen LogP contribution >= 0.6 is 11.8 Å². The topological polar surface area (TPSA) is 0 Å². The third-order valence-corrected chi connectivity index (χ3v) is 5.71. The minimum Gasteiger partial charge on any atom is -0.0946 e. The van der Waals surface area contributed by atoms with Crippen molar-refractivity contribution in [2.24, 2.45) is 23.7 Å². The minimum absolute atomic E-state index is 0.828. The maximum absolute atomic E-state index is 2.57. The molecule has 17 heavy (non-hydrogen) atoms. The van der Waals surface area contributed by atoms with E-state index in [0.29, 0.717) is 0 Å². The lowest BCUT2D eigenvalue weighted by Gasteiger charge is -2.24. The summed E-state index contributed by atoms with van der Waals surface area (Å²) in [4.78, 5) is 3.03. The number of rotatable bonds is 2. The van der Waals surface area contributed by atoms with Crippen molar-refractivity contribution >= 4 is 11.8 Å². The lowest BCUT2D eigenvalue weighted by Crippen LogP contribution is -2.15. The molecule has 0 aromatic heterocycles. The van der Waals surface area contributed by atoms with Crippen molar-refractivity contribution in [3.05, 3.63) is 53.5 Å². The van der Waals surface area contributed by atoms with Gasteiger partial charge in [0.2, 0.25) is 0 Å². The van der Waals surface area contributed by atoms with E-state index in [0.717, 1.165) is 23.7 Å². The van der Waals surface area contributed by atoms with Crippen LogP contribution in [0.4, 0.5) is 0 Å². The van der Waals surface area contributed by atoms with Crippen molar-refractivity contribution in [3.63, 3.8) is 0 Å². The highest BCUT2D eigenvalue weighted by molar-refractivity contribution is 8.03. The number of allylic oxidation sites excluding steroid dienone is 4. The zero-order valence-corrected chi connectivity index (χ0v) is 10.6. The van der Waals surface area contributed by atoms with Crippen LogP contribution in [0.5, 0.6) is 0 Å². The molecule has 4 atom stereocenters. The fraction of sp³-hybridized carbons (Fsp3) is 0.375. The van der Waals surface area contributed by atoms with Gasteiger partial charge in [-0.1, -0.05) is 48.2 Å². The summed E-state index contributed by atoms with van der Waals surface area (Å²) in [7, 11) is 0. The Morgan fingerprint density at radius 3 is 2.88 bits per heavy atom. The number of thioether (sulfide) groups is 1. The molecule has 2 bridgehead atoms. The molecule has 1 fully saturated rings. The van der Waals surface area contributed by atoms with Crippen molar-refractivity contribution in [2.45, 2.75) is 17.7 Å². The third-order valence-electron chi connectivity index (χ3n) is 4.52. The predicted molar refractivity (Wildman–Crippen MR) is 72.7 cm³/mol. The molecule has 1 aromatic rings. The predicted octanol–water partition coefficient (Wildman–Crippen LogP) is 4.50. The summed E-state index contributed by atoms with van der Waals surface area (Å²) < 4.78 is 0. The van der Waals surface area contributed by atoms with Gasteiger partial charge in [0.15, 0.2) is 0 Å². The van der Waals surface area contributed by atoms with Gasteiger partial charge in [-0.25, -0.2) is 0 Å². The summed E-state index contributed by atoms with van der Waals surface area (Å²) >= 11 is 1.99. The van der Waals surface area contributed by atoms with Gasteiger partial charge in [-0.3, -0.25) is 0 Å². The normalized spacial score (nSPS) is 37.3. The van der Waals surface area contributed by atoms with Crippen LogP contribution in [0.3, 0.4) is 0 Å². The number of benzene rings is 1. The van der Waals surface area contributed by atoms with Crippen LogP contribution in [-0.2, 0) is 0 Å². The smallest absolute Gasteiger partial charge is 0.0119 e. The fourth-order valence-corrected chi connectivity index (χ4v) is 4.99. The van der Waals surface area contributed by atoms with Crippen LogP contribution in [0, 0.1) is 23.7 Å². The molecule has 0 heterocycles. The minimum atomic E-state index is 0.828. The molecular formula is C16H16S. The number of hydrogen-bond donors (Lipinski definition) is 0. The van der Waals surface area contributed by atoms with E-state index in [-0.39, 0.29) is 0 Å². The van der Waals surface area contributed by atoms with Gasteiger partial charge in [0, 0.05) is 4.90 Å². The Morgan fingerprint density at radius 1 is 1.12 bits per heavy atom. The number of fused-ring (bicyclic) bond motifs is 5. The van der Waals surface area contributed by atoms with Crippen molar-refractivity contribution in [1.82, 2.24) is 0 Å². The Morgan fingerprint density at radius 2 is 2.00 bits per heavy atom. The average molecular weight is 240 g/mol. The Kier molecular flexibility index (Phi) is 2.23. The SMILES string of the molecule is C1=C[C@@H]2[C@@H](C1)[C@H]1C=C(Sc3ccccc3)[C@@H]2C1. The standard InChI is InChI=1S/C16H16S/c1-2-5-12(6-3-1)17-16-10-11-9-15(16)14-8-4-7-13(11)14/h1-6,8,10-11,13-15H,7,9H2/t11-,13+,14-,15-/m1/s1. The number of hydrogen-bond acceptors (Lipinski definition) is 1. The molecule has 1 saturated carbocycles. The van der Waals surface area contributed by atoms with E-state index < -0.39 is 0 Å². The first-order valence-corrected chi connectivity index (χ1v) is 7.35. The van der Waals surface area contributed by atoms with E-state index in [4.69, 9.17) is 0 Å². The molecule has 86 valence electrons. The molecule has 3 aliphatic rings. The van der Waals surface area contributed by atoms with E-state index in [1.807, 2.05) is 11.8 Å². The maximum atomic E-state index is 2.57. The summed E-state index contributed by atoms with van der Waals surface area (Å²) in [5.74, 6) is 3.50. The summed E-state index contributed by atoms with van der Waals surface area (Å²) in [6.07, 6.45) is 10.2. The van der Waals surface area contributed by atoms with Gasteiger partial charge in [0.1, 0.15) is 0 Å². The third kappa shape index (κ3) is 1.52. The Balaban J connectivity index is 1.59. The first-order chi connectivity index (χ1) is 8.42. The van der Waals surface area contributed by atoms with E-state index in [2.05, 4.69) is 48.6 Å². The van der Waals surface area contributed by atoms with E-state index in [1.165, 1.54) is 17.7 Å². The molecule has 0 aliphatic heterocycles. The zero-order chi connectivity index (χ0) is 11.2. The van der Waals surface area contributed by atoms with E-state index >= 15 is 0 Å². The van der Waals surface area contributed by atoms with Gasteiger partial charge in [0.25, 0.3) is 0 Å². The largest absolute Gasteiger partial charge is 0.0946 e. The molecule has 0 radical (unpaired) electrons. The molecule has 3 aliphatic carbocycles. The second-order valence-corrected chi connectivity index (χ2v) is 6.54. The molecule has 0 amide bonds. The molecule has 0 unspecified atom stereocenters. The quantitative estimate of drug-likeness (QED) is 0.686. The van der Waals surface area contributed by atoms with Crippen molar-refractivity contribution in [3.8, 4) is 0 Å². The molecule has 0 nitrogen and oxygen atoms in total. The lowest BCUT2D eigenvalue weighted by molar-refractivity contribution is 0.395. The van der Waals surface area contributed by atoms with Gasteiger partial charge in [-0.2, -0.15) is 0 Å². The van der Waals surface area contributed by atoms with Crippen molar-refractivity contribution < 1.29 is 0 Å². The monoisotopic (exact) mass is 240 g/mol. The molecule has 1 heteroatoms. The maximum Gasteiger partial charge on any atom is 0.0119 e. The Hall–Kier alpha value is -0.950. The van der Waals surface area contributed by atoms with Crippen LogP contribution < -0.4 is 0 Å². The molecule has 4 rings (SSSR count). The van der Waals surface area contributed by atoms with Crippen molar-refractivity contribution in [2.75, 3.05) is 0 Å². The molecular weight excluding hydrogens is 224 g/mol. The molecule has 0 N–H and O–H groups in total. The summed E-state index contributed by atoms with van der Waals surface area (Å²) in [5, 5.41) is 0. The fourth-order valence-electron chi connectivity index (χ4n) is 3.78. The first-order valence-electron chi connectivity index (χ1n) is 6.53. The Bertz CT molecular complexity index is 486. The lowest BCUT2D eigenvalue weighted by atomic mass is 9.85. The summed E-state index contributed by atoms with van der Waals surface area (Å²) in [6, 6.07) is 10.8. The zero-order valence-electron chi connectivity index (χ0n) is 9.75. The highest BCUT2D eigenvalue weighted by atomic mass is 32.2. The van der Waals surface area contributed by atoms with Crippen LogP contribution in [0.15, 0.2) is 58.4 Å². The van der Waals surface area contributed by atoms with Crippen LogP contribution in [-0.4, -0.2) is 0 Å². The first kappa shape index (κ1) is 10.0. The van der Waals surface area contributed by atoms with Gasteiger partial charge in [-0.05, 0) is 53.6 Å². The van der Waals surface area contributed by atoms with Crippen LogP contribution in [0.2, 0.25) is 0 Å². The second kappa shape index (κ2) is 3.78. The summed E-state index contributed by atoms with van der Waals surface area (Å²) in [5.41, 5.74) is 0. The molecule has 0 spiro atoms. The van der Waals surface area contributed by atoms with Crippen LogP contribution in [0.25, 0.3) is 0 Å². The average Bonchev–Trinajstić information content (AvgIpc) is 3.01. The van der Waals surface area contributed by atoms with Crippen molar-refractivity contribution in [1.29, 1.82) is 0 Å². The van der Waals surface area contributed by atoms with Gasteiger partial charge in [-0.15, -0.1) is 0 Å². The Labute approximate surface area is 107 Å². The molecule has 0 saturated heterocycles. The van der Waals surface area contributed by atoms with Gasteiger partial charge < -0.3 is 0 Å². The van der Waals surface area contributed by atoms with E-state index in [1.54, 1.807) is 4.91 Å². The van der Waals surface area contributed by atoms with E-state index in [9.17, 15) is 0 Å². The highest BCUT2D eigenvalue weighted by Crippen LogP contribution is 2.58. The van der Waals surface area contributed by atoms with Gasteiger partial charge in [0.05, 0.1) is 0 Å². The second-order valence-electron chi connectivity index (χ2n) is 5.40. The summed E-state index contributed by atoms with van der Waals surface area (Å²) in [6.45, 7) is 0. The van der Waals surface area contributed by atoms with Gasteiger partial charge >= 0.3 is 0 Å². The van der Waals surface area contributed by atoms with Crippen LogP contribution in [0.1, 0.15) is 12.8 Å².